The molecule has 162 valence electrons. The van der Waals surface area contributed by atoms with Gasteiger partial charge in [0.15, 0.2) is 11.5 Å². The molecule has 0 fully saturated rings. The molecule has 0 saturated heterocycles. The fourth-order valence-electron chi connectivity index (χ4n) is 2.65. The third kappa shape index (κ3) is 5.44. The second-order valence-corrected chi connectivity index (χ2v) is 7.12. The molecule has 0 bridgehead atoms. The Morgan fingerprint density at radius 1 is 1.16 bits per heavy atom. The largest absolute Gasteiger partial charge is 0.491 e. The highest BCUT2D eigenvalue weighted by Crippen LogP contribution is 2.32. The van der Waals surface area contributed by atoms with E-state index in [-0.39, 0.29) is 23.1 Å². The summed E-state index contributed by atoms with van der Waals surface area (Å²) in [6.45, 7) is 3.92. The Balaban J connectivity index is 1.97. The van der Waals surface area contributed by atoms with Crippen LogP contribution in [-0.2, 0) is 0 Å². The summed E-state index contributed by atoms with van der Waals surface area (Å²) in [5, 5.41) is 0. The lowest BCUT2D eigenvalue weighted by molar-refractivity contribution is 0.0817. The highest BCUT2D eigenvalue weighted by atomic mass is 19.1. The van der Waals surface area contributed by atoms with E-state index in [0.717, 1.165) is 12.5 Å². The van der Waals surface area contributed by atoms with Crippen molar-refractivity contribution in [3.8, 4) is 28.6 Å². The fourth-order valence-corrected chi connectivity index (χ4v) is 2.65. The number of amides is 1. The first-order valence-corrected chi connectivity index (χ1v) is 9.69. The molecule has 8 nitrogen and oxygen atoms in total. The van der Waals surface area contributed by atoms with Gasteiger partial charge in [-0.25, -0.2) is 14.4 Å². The Morgan fingerprint density at radius 2 is 1.90 bits per heavy atom. The van der Waals surface area contributed by atoms with Crippen LogP contribution in [0.4, 0.5) is 4.39 Å². The van der Waals surface area contributed by atoms with Crippen molar-refractivity contribution in [1.82, 2.24) is 19.9 Å². The molecule has 3 rings (SSSR count). The van der Waals surface area contributed by atoms with Gasteiger partial charge in [-0.3, -0.25) is 9.59 Å². The van der Waals surface area contributed by atoms with Crippen molar-refractivity contribution in [3.63, 3.8) is 0 Å². The average Bonchev–Trinajstić information content (AvgIpc) is 2.73. The molecule has 9 heteroatoms. The number of aromatic amines is 1. The van der Waals surface area contributed by atoms with E-state index in [1.807, 2.05) is 13.8 Å². The Hall–Kier alpha value is -3.75. The van der Waals surface area contributed by atoms with Gasteiger partial charge in [-0.15, -0.1) is 0 Å². The summed E-state index contributed by atoms with van der Waals surface area (Å²) < 4.78 is 26.1. The molecule has 2 heterocycles. The van der Waals surface area contributed by atoms with E-state index in [4.69, 9.17) is 9.47 Å². The predicted octanol–water partition coefficient (Wildman–Crippen LogP) is 3.64. The Labute approximate surface area is 178 Å². The zero-order chi connectivity index (χ0) is 22.5. The number of carbonyl (C=O) groups is 1. The molecule has 1 aromatic carbocycles. The maximum Gasteiger partial charge on any atom is 0.274 e. The van der Waals surface area contributed by atoms with Crippen molar-refractivity contribution in [2.75, 3.05) is 14.1 Å². The number of nitrogens with one attached hydrogen (secondary N) is 1. The van der Waals surface area contributed by atoms with Gasteiger partial charge in [0.2, 0.25) is 0 Å². The Bertz CT molecular complexity index is 1150. The quantitative estimate of drug-likeness (QED) is 0.620. The van der Waals surface area contributed by atoms with E-state index >= 15 is 0 Å². The lowest BCUT2D eigenvalue weighted by Crippen LogP contribution is -2.23. The lowest BCUT2D eigenvalue weighted by atomic mass is 10.1. The zero-order valence-electron chi connectivity index (χ0n) is 17.7. The SMILES string of the molecule is CC[C@@H](C)Oc1cc(Oc2cnc(C(=O)N(C)C)c(F)c2)cc(-c2nccc(=O)[nH]2)c1. The minimum atomic E-state index is -0.794. The van der Waals surface area contributed by atoms with Crippen LogP contribution in [0.2, 0.25) is 0 Å². The molecule has 0 spiro atoms. The van der Waals surface area contributed by atoms with Gasteiger partial charge in [-0.2, -0.15) is 0 Å². The van der Waals surface area contributed by atoms with Crippen molar-refractivity contribution in [2.45, 2.75) is 26.4 Å². The molecule has 0 unspecified atom stereocenters. The van der Waals surface area contributed by atoms with Crippen molar-refractivity contribution in [2.24, 2.45) is 0 Å². The van der Waals surface area contributed by atoms with Gasteiger partial charge in [0.05, 0.1) is 12.3 Å². The first-order valence-electron chi connectivity index (χ1n) is 9.69. The number of nitrogens with zero attached hydrogens (tertiary/aromatic N) is 3. The van der Waals surface area contributed by atoms with Crippen LogP contribution >= 0.6 is 0 Å². The summed E-state index contributed by atoms with van der Waals surface area (Å²) in [4.78, 5) is 35.6. The second-order valence-electron chi connectivity index (χ2n) is 7.12. The molecule has 0 radical (unpaired) electrons. The number of halogens is 1. The number of carbonyl (C=O) groups excluding carboxylic acids is 1. The van der Waals surface area contributed by atoms with E-state index in [9.17, 15) is 14.0 Å². The number of aromatic nitrogens is 3. The second kappa shape index (κ2) is 9.38. The number of H-pyrrole nitrogens is 1. The molecule has 0 aliphatic carbocycles. The fraction of sp³-hybridized carbons (Fsp3) is 0.273. The standard InChI is InChI=1S/C22H23FN4O4/c1-5-13(2)30-15-8-14(21-24-7-6-19(28)26-21)9-16(10-15)31-17-11-18(23)20(25-12-17)22(29)27(3)4/h6-13H,5H2,1-4H3,(H,24,26,28)/t13-/m1/s1. The van der Waals surface area contributed by atoms with Crippen LogP contribution in [0.25, 0.3) is 11.4 Å². The monoisotopic (exact) mass is 426 g/mol. The van der Waals surface area contributed by atoms with Gasteiger partial charge in [0, 0.05) is 44.1 Å². The third-order valence-electron chi connectivity index (χ3n) is 4.40. The highest BCUT2D eigenvalue weighted by Gasteiger charge is 2.17. The minimum Gasteiger partial charge on any atom is -0.491 e. The normalized spacial score (nSPS) is 11.6. The predicted molar refractivity (Wildman–Crippen MR) is 113 cm³/mol. The molecular formula is C22H23FN4O4. The topological polar surface area (TPSA) is 97.4 Å². The maximum atomic E-state index is 14.4. The smallest absolute Gasteiger partial charge is 0.274 e. The molecule has 1 N–H and O–H groups in total. The van der Waals surface area contributed by atoms with Gasteiger partial charge in [-0.1, -0.05) is 6.92 Å². The van der Waals surface area contributed by atoms with Crippen molar-refractivity contribution < 1.29 is 18.7 Å². The van der Waals surface area contributed by atoms with Crippen molar-refractivity contribution >= 4 is 5.91 Å². The Kier molecular flexibility index (Phi) is 6.64. The maximum absolute atomic E-state index is 14.4. The van der Waals surface area contributed by atoms with E-state index < -0.39 is 11.7 Å². The van der Waals surface area contributed by atoms with Crippen LogP contribution in [0.1, 0.15) is 30.8 Å². The average molecular weight is 426 g/mol. The van der Waals surface area contributed by atoms with E-state index in [0.29, 0.717) is 22.9 Å². The molecule has 0 aliphatic rings. The number of pyridine rings is 1. The molecule has 1 amide bonds. The summed E-state index contributed by atoms with van der Waals surface area (Å²) in [7, 11) is 3.03. The Morgan fingerprint density at radius 3 is 2.55 bits per heavy atom. The number of hydrogen-bond donors (Lipinski definition) is 1. The van der Waals surface area contributed by atoms with Gasteiger partial charge in [0.25, 0.3) is 11.5 Å². The first-order chi connectivity index (χ1) is 14.8. The van der Waals surface area contributed by atoms with Gasteiger partial charge >= 0.3 is 0 Å². The molecular weight excluding hydrogens is 403 g/mol. The lowest BCUT2D eigenvalue weighted by Gasteiger charge is -2.16. The van der Waals surface area contributed by atoms with E-state index in [2.05, 4.69) is 15.0 Å². The van der Waals surface area contributed by atoms with Crippen LogP contribution < -0.4 is 15.0 Å². The number of hydrogen-bond acceptors (Lipinski definition) is 6. The highest BCUT2D eigenvalue weighted by molar-refractivity contribution is 5.92. The van der Waals surface area contributed by atoms with Gasteiger partial charge in [-0.05, 0) is 25.5 Å². The van der Waals surface area contributed by atoms with E-state index in [1.165, 1.54) is 37.5 Å². The zero-order valence-corrected chi connectivity index (χ0v) is 17.7. The summed E-state index contributed by atoms with van der Waals surface area (Å²) in [6, 6.07) is 7.42. The molecule has 0 saturated carbocycles. The van der Waals surface area contributed by atoms with Crippen LogP contribution in [0.3, 0.4) is 0 Å². The molecule has 3 aromatic rings. The summed E-state index contributed by atoms with van der Waals surface area (Å²) >= 11 is 0. The molecule has 0 aliphatic heterocycles. The van der Waals surface area contributed by atoms with Crippen LogP contribution in [-0.4, -0.2) is 46.0 Å². The molecule has 31 heavy (non-hydrogen) atoms. The summed E-state index contributed by atoms with van der Waals surface area (Å²) in [5.74, 6) is -0.0691. The van der Waals surface area contributed by atoms with Gasteiger partial charge in [0.1, 0.15) is 23.1 Å². The summed E-state index contributed by atoms with van der Waals surface area (Å²) in [6.07, 6.45) is 3.40. The number of rotatable bonds is 7. The van der Waals surface area contributed by atoms with Crippen molar-refractivity contribution in [3.05, 3.63) is 64.6 Å². The van der Waals surface area contributed by atoms with Crippen LogP contribution in [0.5, 0.6) is 17.2 Å². The minimum absolute atomic E-state index is 0.0543. The number of benzene rings is 1. The van der Waals surface area contributed by atoms with Gasteiger partial charge < -0.3 is 19.4 Å². The number of ether oxygens (including phenoxy) is 2. The van der Waals surface area contributed by atoms with Crippen molar-refractivity contribution in [1.29, 1.82) is 0 Å². The molecule has 1 atom stereocenters. The first kappa shape index (κ1) is 21.9. The van der Waals surface area contributed by atoms with E-state index in [1.54, 1.807) is 18.2 Å². The third-order valence-corrected chi connectivity index (χ3v) is 4.40. The summed E-state index contributed by atoms with van der Waals surface area (Å²) in [5.41, 5.74) is -0.0348. The van der Waals surface area contributed by atoms with Crippen LogP contribution in [0, 0.1) is 5.82 Å². The van der Waals surface area contributed by atoms with Crippen LogP contribution in [0.15, 0.2) is 47.5 Å². The molecule has 2 aromatic heterocycles.